The lowest BCUT2D eigenvalue weighted by Crippen LogP contribution is -2.05. The number of phenols is 2. The van der Waals surface area contributed by atoms with Crippen LogP contribution in [0, 0.1) is 0 Å². The molecule has 1 aliphatic rings. The highest BCUT2D eigenvalue weighted by atomic mass is 35.5. The van der Waals surface area contributed by atoms with Gasteiger partial charge in [0.05, 0.1) is 14.2 Å². The minimum atomic E-state index is 0.250. The molecule has 4 aromatic rings. The van der Waals surface area contributed by atoms with Crippen LogP contribution in [-0.2, 0) is 37.4 Å². The molecular formula is C32H30Cl2O4. The molecule has 196 valence electrons. The molecule has 0 amide bonds. The van der Waals surface area contributed by atoms with E-state index in [1.165, 1.54) is 0 Å². The van der Waals surface area contributed by atoms with Crippen LogP contribution in [0.5, 0.6) is 23.0 Å². The van der Waals surface area contributed by atoms with Gasteiger partial charge in [0, 0.05) is 37.4 Å². The van der Waals surface area contributed by atoms with Crippen LogP contribution in [0.25, 0.3) is 0 Å². The highest BCUT2D eigenvalue weighted by molar-refractivity contribution is 6.17. The minimum absolute atomic E-state index is 0.250. The third kappa shape index (κ3) is 5.03. The summed E-state index contributed by atoms with van der Waals surface area (Å²) in [5.74, 6) is 2.65. The topological polar surface area (TPSA) is 58.9 Å². The molecule has 0 unspecified atom stereocenters. The molecule has 5 rings (SSSR count). The van der Waals surface area contributed by atoms with Gasteiger partial charge in [0.2, 0.25) is 0 Å². The number of fused-ring (bicyclic) bond motifs is 8. The Balaban J connectivity index is 1.78. The largest absolute Gasteiger partial charge is 0.507 e. The molecule has 8 bridgehead atoms. The predicted molar refractivity (Wildman–Crippen MR) is 153 cm³/mol. The van der Waals surface area contributed by atoms with Crippen molar-refractivity contribution in [3.63, 3.8) is 0 Å². The Kier molecular flexibility index (Phi) is 7.73. The smallest absolute Gasteiger partial charge is 0.125 e. The number of methoxy groups -OCH3 is 2. The van der Waals surface area contributed by atoms with Gasteiger partial charge in [-0.3, -0.25) is 0 Å². The van der Waals surface area contributed by atoms with Crippen molar-refractivity contribution < 1.29 is 19.7 Å². The number of benzene rings is 4. The third-order valence-electron chi connectivity index (χ3n) is 7.25. The molecule has 1 aliphatic carbocycles. The molecule has 0 aliphatic heterocycles. The normalized spacial score (nSPS) is 12.7. The first-order chi connectivity index (χ1) is 18.4. The Labute approximate surface area is 233 Å². The molecule has 38 heavy (non-hydrogen) atoms. The van der Waals surface area contributed by atoms with Crippen molar-refractivity contribution in [3.05, 3.63) is 116 Å². The lowest BCUT2D eigenvalue weighted by molar-refractivity contribution is 0.404. The van der Waals surface area contributed by atoms with Gasteiger partial charge in [-0.1, -0.05) is 60.7 Å². The summed E-state index contributed by atoms with van der Waals surface area (Å²) in [6, 6.07) is 19.8. The number of alkyl halides is 2. The Hall–Kier alpha value is -3.34. The van der Waals surface area contributed by atoms with Crippen molar-refractivity contribution in [1.82, 2.24) is 0 Å². The van der Waals surface area contributed by atoms with E-state index in [-0.39, 0.29) is 11.5 Å². The van der Waals surface area contributed by atoms with Gasteiger partial charge >= 0.3 is 0 Å². The fourth-order valence-corrected chi connectivity index (χ4v) is 5.84. The molecule has 0 atom stereocenters. The lowest BCUT2D eigenvalue weighted by atomic mass is 9.90. The van der Waals surface area contributed by atoms with Crippen molar-refractivity contribution in [2.75, 3.05) is 14.2 Å². The summed E-state index contributed by atoms with van der Waals surface area (Å²) >= 11 is 12.6. The van der Waals surface area contributed by atoms with Crippen LogP contribution in [0.4, 0.5) is 0 Å². The maximum Gasteiger partial charge on any atom is 0.125 e. The average molecular weight is 549 g/mol. The summed E-state index contributed by atoms with van der Waals surface area (Å²) in [7, 11) is 3.31. The Morgan fingerprint density at radius 2 is 0.842 bits per heavy atom. The number of hydrogen-bond donors (Lipinski definition) is 2. The second-order valence-corrected chi connectivity index (χ2v) is 10.3. The second-order valence-electron chi connectivity index (χ2n) is 9.72. The first kappa shape index (κ1) is 26.3. The van der Waals surface area contributed by atoms with E-state index < -0.39 is 0 Å². The Bertz CT molecular complexity index is 1290. The monoisotopic (exact) mass is 548 g/mol. The van der Waals surface area contributed by atoms with E-state index in [2.05, 4.69) is 0 Å². The molecule has 0 spiro atoms. The molecule has 0 heterocycles. The van der Waals surface area contributed by atoms with Crippen LogP contribution in [0.1, 0.15) is 55.6 Å². The van der Waals surface area contributed by atoms with Gasteiger partial charge in [0.15, 0.2) is 0 Å². The van der Waals surface area contributed by atoms with Crippen LogP contribution < -0.4 is 9.47 Å². The van der Waals surface area contributed by atoms with E-state index in [1.54, 1.807) is 14.2 Å². The van der Waals surface area contributed by atoms with E-state index >= 15 is 0 Å². The molecule has 0 aromatic heterocycles. The zero-order valence-electron chi connectivity index (χ0n) is 21.5. The maximum absolute atomic E-state index is 11.4. The van der Waals surface area contributed by atoms with Crippen molar-refractivity contribution in [2.45, 2.75) is 37.4 Å². The standard InChI is InChI=1S/C32H30Cl2O4/c1-37-31-21-5-3-6-22(31)14-26-10-20(18-34)12-28(30(26)36)16-24-8-4-7-23(32(24)38-2)15-27-11-19(17-33)9-25(13-21)29(27)35/h3-12,35-36H,13-18H2,1-2H3. The summed E-state index contributed by atoms with van der Waals surface area (Å²) in [4.78, 5) is 0. The van der Waals surface area contributed by atoms with E-state index in [1.807, 2.05) is 60.7 Å². The van der Waals surface area contributed by atoms with Crippen LogP contribution in [0.2, 0.25) is 0 Å². The molecule has 0 radical (unpaired) electrons. The molecule has 4 aromatic carbocycles. The molecule has 0 saturated carbocycles. The van der Waals surface area contributed by atoms with E-state index in [0.717, 1.165) is 67.1 Å². The summed E-state index contributed by atoms with van der Waals surface area (Å²) in [5.41, 5.74) is 8.78. The third-order valence-corrected chi connectivity index (χ3v) is 7.87. The number of phenolic OH excluding ortho intramolecular Hbond substituents is 2. The zero-order valence-corrected chi connectivity index (χ0v) is 23.0. The molecular weight excluding hydrogens is 519 g/mol. The number of aromatic hydroxyl groups is 2. The number of ether oxygens (including phenoxy) is 2. The molecule has 0 saturated heterocycles. The maximum atomic E-state index is 11.4. The number of hydrogen-bond acceptors (Lipinski definition) is 4. The molecule has 4 nitrogen and oxygen atoms in total. The molecule has 0 fully saturated rings. The van der Waals surface area contributed by atoms with E-state index in [0.29, 0.717) is 37.4 Å². The lowest BCUT2D eigenvalue weighted by Gasteiger charge is -2.20. The van der Waals surface area contributed by atoms with E-state index in [9.17, 15) is 10.2 Å². The van der Waals surface area contributed by atoms with Crippen LogP contribution in [0.3, 0.4) is 0 Å². The Morgan fingerprint density at radius 1 is 0.553 bits per heavy atom. The van der Waals surface area contributed by atoms with Gasteiger partial charge in [-0.05, 0) is 55.6 Å². The van der Waals surface area contributed by atoms with Crippen molar-refractivity contribution in [3.8, 4) is 23.0 Å². The van der Waals surface area contributed by atoms with Gasteiger partial charge in [-0.2, -0.15) is 0 Å². The fraction of sp³-hybridized carbons (Fsp3) is 0.250. The quantitative estimate of drug-likeness (QED) is 0.232. The predicted octanol–water partition coefficient (Wildman–Crippen LogP) is 7.27. The number of rotatable bonds is 4. The van der Waals surface area contributed by atoms with Crippen LogP contribution in [0.15, 0.2) is 60.7 Å². The van der Waals surface area contributed by atoms with Gasteiger partial charge in [-0.25, -0.2) is 0 Å². The summed E-state index contributed by atoms with van der Waals surface area (Å²) in [5, 5.41) is 22.8. The van der Waals surface area contributed by atoms with Gasteiger partial charge < -0.3 is 19.7 Å². The van der Waals surface area contributed by atoms with Crippen molar-refractivity contribution in [2.24, 2.45) is 0 Å². The summed E-state index contributed by atoms with van der Waals surface area (Å²) in [6.45, 7) is 0. The summed E-state index contributed by atoms with van der Waals surface area (Å²) < 4.78 is 11.8. The van der Waals surface area contributed by atoms with Crippen molar-refractivity contribution in [1.29, 1.82) is 0 Å². The van der Waals surface area contributed by atoms with Gasteiger partial charge in [-0.15, -0.1) is 23.2 Å². The van der Waals surface area contributed by atoms with Gasteiger partial charge in [0.25, 0.3) is 0 Å². The summed E-state index contributed by atoms with van der Waals surface area (Å²) in [6.07, 6.45) is 1.88. The Morgan fingerprint density at radius 3 is 1.08 bits per heavy atom. The highest BCUT2D eigenvalue weighted by Crippen LogP contribution is 2.39. The fourth-order valence-electron chi connectivity index (χ4n) is 5.54. The highest BCUT2D eigenvalue weighted by Gasteiger charge is 2.20. The SMILES string of the molecule is COc1c2cccc1Cc1cc(CCl)cc(c1O)Cc1cccc(c1OC)Cc1cc(CCl)cc(c1O)C2. The van der Waals surface area contributed by atoms with Crippen LogP contribution in [-0.4, -0.2) is 24.4 Å². The zero-order chi connectivity index (χ0) is 26.8. The number of para-hydroxylation sites is 2. The second kappa shape index (κ2) is 11.2. The van der Waals surface area contributed by atoms with Crippen molar-refractivity contribution >= 4 is 23.2 Å². The minimum Gasteiger partial charge on any atom is -0.507 e. The van der Waals surface area contributed by atoms with Crippen LogP contribution >= 0.6 is 23.2 Å². The first-order valence-corrected chi connectivity index (χ1v) is 13.6. The molecule has 2 N–H and O–H groups in total. The average Bonchev–Trinajstić information content (AvgIpc) is 2.92. The first-order valence-electron chi connectivity index (χ1n) is 12.5. The van der Waals surface area contributed by atoms with Gasteiger partial charge in [0.1, 0.15) is 23.0 Å². The van der Waals surface area contributed by atoms with E-state index in [4.69, 9.17) is 32.7 Å². The number of halogens is 2. The molecule has 6 heteroatoms.